The van der Waals surface area contributed by atoms with Crippen molar-refractivity contribution in [3.05, 3.63) is 35.9 Å². The normalized spacial score (nSPS) is 20.8. The summed E-state index contributed by atoms with van der Waals surface area (Å²) in [5, 5.41) is -0.616. The van der Waals surface area contributed by atoms with Crippen molar-refractivity contribution in [2.24, 2.45) is 0 Å². The SMILES string of the molecule is CN(CC1CCCCO1)C(=O)C(Cl)c1ccccc1. The van der Waals surface area contributed by atoms with E-state index in [-0.39, 0.29) is 12.0 Å². The molecule has 1 saturated heterocycles. The molecule has 104 valence electrons. The Morgan fingerprint density at radius 1 is 1.42 bits per heavy atom. The fraction of sp³-hybridized carbons (Fsp3) is 0.533. The van der Waals surface area contributed by atoms with Crippen LogP contribution in [-0.2, 0) is 9.53 Å². The molecule has 1 fully saturated rings. The summed E-state index contributed by atoms with van der Waals surface area (Å²) in [4.78, 5) is 13.9. The van der Waals surface area contributed by atoms with E-state index in [1.165, 1.54) is 6.42 Å². The van der Waals surface area contributed by atoms with Crippen molar-refractivity contribution in [1.82, 2.24) is 4.90 Å². The molecular weight excluding hydrogens is 262 g/mol. The summed E-state index contributed by atoms with van der Waals surface area (Å²) >= 11 is 6.24. The summed E-state index contributed by atoms with van der Waals surface area (Å²) in [5.74, 6) is -0.0676. The van der Waals surface area contributed by atoms with Crippen molar-refractivity contribution < 1.29 is 9.53 Å². The third kappa shape index (κ3) is 3.95. The van der Waals surface area contributed by atoms with Crippen molar-refractivity contribution in [3.63, 3.8) is 0 Å². The third-order valence-electron chi connectivity index (χ3n) is 3.44. The lowest BCUT2D eigenvalue weighted by atomic mass is 10.1. The van der Waals surface area contributed by atoms with E-state index in [0.29, 0.717) is 6.54 Å². The summed E-state index contributed by atoms with van der Waals surface area (Å²) in [5.41, 5.74) is 0.838. The Labute approximate surface area is 119 Å². The lowest BCUT2D eigenvalue weighted by molar-refractivity contribution is -0.132. The van der Waals surface area contributed by atoms with Crippen molar-refractivity contribution in [2.75, 3.05) is 20.2 Å². The van der Waals surface area contributed by atoms with Gasteiger partial charge in [-0.1, -0.05) is 30.3 Å². The first kappa shape index (κ1) is 14.4. The predicted molar refractivity (Wildman–Crippen MR) is 76.3 cm³/mol. The molecule has 19 heavy (non-hydrogen) atoms. The Balaban J connectivity index is 1.91. The van der Waals surface area contributed by atoms with Crippen LogP contribution in [0.5, 0.6) is 0 Å². The van der Waals surface area contributed by atoms with Crippen LogP contribution in [0.1, 0.15) is 30.2 Å². The van der Waals surface area contributed by atoms with Gasteiger partial charge >= 0.3 is 0 Å². The maximum Gasteiger partial charge on any atom is 0.245 e. The Morgan fingerprint density at radius 3 is 2.79 bits per heavy atom. The Morgan fingerprint density at radius 2 is 2.16 bits per heavy atom. The van der Waals surface area contributed by atoms with Gasteiger partial charge in [0.2, 0.25) is 5.91 Å². The van der Waals surface area contributed by atoms with Crippen LogP contribution in [0.15, 0.2) is 30.3 Å². The van der Waals surface area contributed by atoms with Crippen molar-refractivity contribution in [1.29, 1.82) is 0 Å². The molecule has 0 radical (unpaired) electrons. The Kier molecular flexibility index (Phi) is 5.23. The maximum atomic E-state index is 12.3. The summed E-state index contributed by atoms with van der Waals surface area (Å²) in [7, 11) is 1.79. The highest BCUT2D eigenvalue weighted by Crippen LogP contribution is 2.23. The van der Waals surface area contributed by atoms with E-state index in [1.54, 1.807) is 11.9 Å². The van der Waals surface area contributed by atoms with E-state index < -0.39 is 5.38 Å². The molecule has 1 heterocycles. The fourth-order valence-electron chi connectivity index (χ4n) is 2.30. The van der Waals surface area contributed by atoms with Gasteiger partial charge in [0.05, 0.1) is 6.10 Å². The molecule has 0 saturated carbocycles. The molecule has 1 amide bonds. The van der Waals surface area contributed by atoms with Gasteiger partial charge < -0.3 is 9.64 Å². The van der Waals surface area contributed by atoms with Crippen molar-refractivity contribution >= 4 is 17.5 Å². The quantitative estimate of drug-likeness (QED) is 0.794. The van der Waals surface area contributed by atoms with Crippen LogP contribution in [0.25, 0.3) is 0 Å². The summed E-state index contributed by atoms with van der Waals surface area (Å²) < 4.78 is 5.65. The number of amides is 1. The molecule has 0 aliphatic carbocycles. The number of alkyl halides is 1. The second-order valence-corrected chi connectivity index (χ2v) is 5.42. The number of likely N-dealkylation sites (N-methyl/N-ethyl adjacent to an activating group) is 1. The number of ether oxygens (including phenoxy) is 1. The zero-order valence-electron chi connectivity index (χ0n) is 11.2. The maximum absolute atomic E-state index is 12.3. The van der Waals surface area contributed by atoms with E-state index >= 15 is 0 Å². The molecule has 4 heteroatoms. The topological polar surface area (TPSA) is 29.5 Å². The van der Waals surface area contributed by atoms with Crippen LogP contribution in [0.4, 0.5) is 0 Å². The largest absolute Gasteiger partial charge is 0.376 e. The number of hydrogen-bond donors (Lipinski definition) is 0. The number of halogens is 1. The van der Waals surface area contributed by atoms with Gasteiger partial charge in [-0.25, -0.2) is 0 Å². The number of rotatable bonds is 4. The molecule has 3 nitrogen and oxygen atoms in total. The summed E-state index contributed by atoms with van der Waals surface area (Å²) in [6.07, 6.45) is 3.48. The molecule has 1 aliphatic heterocycles. The second-order valence-electron chi connectivity index (χ2n) is 4.98. The molecule has 0 aromatic heterocycles. The number of carbonyl (C=O) groups excluding carboxylic acids is 1. The molecule has 2 unspecified atom stereocenters. The van der Waals surface area contributed by atoms with E-state index in [9.17, 15) is 4.79 Å². The van der Waals surface area contributed by atoms with Gasteiger partial charge in [-0.15, -0.1) is 11.6 Å². The van der Waals surface area contributed by atoms with Gasteiger partial charge in [-0.05, 0) is 24.8 Å². The van der Waals surface area contributed by atoms with Gasteiger partial charge in [0, 0.05) is 20.2 Å². The molecule has 2 atom stereocenters. The van der Waals surface area contributed by atoms with Gasteiger partial charge in [-0.2, -0.15) is 0 Å². The first-order valence-corrected chi connectivity index (χ1v) is 7.17. The molecule has 1 aliphatic rings. The van der Waals surface area contributed by atoms with E-state index in [1.807, 2.05) is 30.3 Å². The summed E-state index contributed by atoms with van der Waals surface area (Å²) in [6, 6.07) is 9.45. The smallest absolute Gasteiger partial charge is 0.245 e. The molecule has 1 aromatic rings. The Bertz CT molecular complexity index is 404. The molecule has 0 spiro atoms. The zero-order valence-corrected chi connectivity index (χ0v) is 12.0. The van der Waals surface area contributed by atoms with E-state index in [2.05, 4.69) is 0 Å². The minimum absolute atomic E-state index is 0.0676. The molecule has 1 aromatic carbocycles. The third-order valence-corrected chi connectivity index (χ3v) is 3.88. The van der Waals surface area contributed by atoms with E-state index in [0.717, 1.165) is 25.0 Å². The van der Waals surface area contributed by atoms with Gasteiger partial charge in [0.15, 0.2) is 0 Å². The highest BCUT2D eigenvalue weighted by Gasteiger charge is 2.24. The lowest BCUT2D eigenvalue weighted by Crippen LogP contribution is -2.38. The first-order chi connectivity index (χ1) is 9.18. The van der Waals surface area contributed by atoms with Gasteiger partial charge in [0.1, 0.15) is 5.38 Å². The molecule has 0 bridgehead atoms. The number of hydrogen-bond acceptors (Lipinski definition) is 2. The highest BCUT2D eigenvalue weighted by molar-refractivity contribution is 6.30. The monoisotopic (exact) mass is 281 g/mol. The first-order valence-electron chi connectivity index (χ1n) is 6.74. The van der Waals surface area contributed by atoms with Crippen LogP contribution in [-0.4, -0.2) is 37.1 Å². The van der Waals surface area contributed by atoms with E-state index in [4.69, 9.17) is 16.3 Å². The van der Waals surface area contributed by atoms with Gasteiger partial charge in [0.25, 0.3) is 0 Å². The molecule has 0 N–H and O–H groups in total. The predicted octanol–water partition coefficient (Wildman–Crippen LogP) is 2.99. The summed E-state index contributed by atoms with van der Waals surface area (Å²) in [6.45, 7) is 1.42. The number of carbonyl (C=O) groups is 1. The van der Waals surface area contributed by atoms with Crippen molar-refractivity contribution in [2.45, 2.75) is 30.7 Å². The van der Waals surface area contributed by atoms with Gasteiger partial charge in [-0.3, -0.25) is 4.79 Å². The van der Waals surface area contributed by atoms with Crippen LogP contribution < -0.4 is 0 Å². The molecule has 2 rings (SSSR count). The minimum atomic E-state index is -0.616. The average Bonchev–Trinajstić information content (AvgIpc) is 2.47. The van der Waals surface area contributed by atoms with Crippen LogP contribution in [0.2, 0.25) is 0 Å². The zero-order chi connectivity index (χ0) is 13.7. The number of nitrogens with zero attached hydrogens (tertiary/aromatic N) is 1. The Hall–Kier alpha value is -1.06. The number of benzene rings is 1. The van der Waals surface area contributed by atoms with Crippen molar-refractivity contribution in [3.8, 4) is 0 Å². The van der Waals surface area contributed by atoms with Crippen LogP contribution in [0.3, 0.4) is 0 Å². The average molecular weight is 282 g/mol. The van der Waals surface area contributed by atoms with Crippen LogP contribution in [0, 0.1) is 0 Å². The van der Waals surface area contributed by atoms with Crippen LogP contribution >= 0.6 is 11.6 Å². The standard InChI is InChI=1S/C15H20ClNO2/c1-17(11-13-9-5-6-10-19-13)15(18)14(16)12-7-3-2-4-8-12/h2-4,7-8,13-14H,5-6,9-11H2,1H3. The second kappa shape index (κ2) is 6.92. The lowest BCUT2D eigenvalue weighted by Gasteiger charge is -2.28. The molecular formula is C15H20ClNO2. The minimum Gasteiger partial charge on any atom is -0.376 e. The highest BCUT2D eigenvalue weighted by atomic mass is 35.5. The fourth-order valence-corrected chi connectivity index (χ4v) is 2.62.